The van der Waals surface area contributed by atoms with Crippen molar-refractivity contribution in [3.63, 3.8) is 0 Å². The zero-order valence-corrected chi connectivity index (χ0v) is 10.1. The quantitative estimate of drug-likeness (QED) is 0.739. The van der Waals surface area contributed by atoms with Crippen LogP contribution in [0.1, 0.15) is 5.56 Å². The molecule has 69 valence electrons. The van der Waals surface area contributed by atoms with Gasteiger partial charge in [0.15, 0.2) is 0 Å². The van der Waals surface area contributed by atoms with Crippen molar-refractivity contribution in [3.05, 3.63) is 42.0 Å². The van der Waals surface area contributed by atoms with Crippen molar-refractivity contribution in [2.45, 2.75) is 4.81 Å². The van der Waals surface area contributed by atoms with E-state index in [1.165, 1.54) is 5.56 Å². The number of halogens is 2. The SMILES string of the molecule is [Cl][Pt]([Cl])[CH2]C=Cc1ccccc1. The van der Waals surface area contributed by atoms with Gasteiger partial charge in [0.05, 0.1) is 0 Å². The molecule has 0 saturated carbocycles. The standard InChI is InChI=1S/C9H9.2ClH.Pt/c1-2-6-9-7-4-3-5-8-9;;;/h2-8H,1H2;2*1H;/q;;;+2/p-2. The van der Waals surface area contributed by atoms with Crippen LogP contribution in [0.3, 0.4) is 0 Å². The summed E-state index contributed by atoms with van der Waals surface area (Å²) in [5, 5.41) is 0. The van der Waals surface area contributed by atoms with E-state index < -0.39 is 15.2 Å². The maximum atomic E-state index is 5.72. The fourth-order valence-corrected chi connectivity index (χ4v) is 2.39. The Labute approximate surface area is 86.6 Å². The zero-order valence-electron chi connectivity index (χ0n) is 6.32. The Morgan fingerprint density at radius 1 is 1.17 bits per heavy atom. The first-order valence-electron chi connectivity index (χ1n) is 3.40. The number of hydrogen-bond donors (Lipinski definition) is 0. The Morgan fingerprint density at radius 3 is 2.42 bits per heavy atom. The molecular weight excluding hydrogens is 374 g/mol. The van der Waals surface area contributed by atoms with Gasteiger partial charge in [-0.1, -0.05) is 0 Å². The summed E-state index contributed by atoms with van der Waals surface area (Å²) < 4.78 is 0. The van der Waals surface area contributed by atoms with Gasteiger partial charge in [-0.3, -0.25) is 0 Å². The van der Waals surface area contributed by atoms with Gasteiger partial charge in [-0.2, -0.15) is 0 Å². The van der Waals surface area contributed by atoms with Crippen LogP contribution < -0.4 is 0 Å². The Balaban J connectivity index is 2.47. The number of rotatable bonds is 3. The van der Waals surface area contributed by atoms with Crippen molar-refractivity contribution >= 4 is 24.9 Å². The van der Waals surface area contributed by atoms with Crippen molar-refractivity contribution < 1.29 is 15.2 Å². The van der Waals surface area contributed by atoms with Crippen LogP contribution in [0.15, 0.2) is 36.4 Å². The van der Waals surface area contributed by atoms with E-state index in [-0.39, 0.29) is 0 Å². The fourth-order valence-electron chi connectivity index (χ4n) is 0.794. The average Bonchev–Trinajstić information content (AvgIpc) is 2.05. The minimum atomic E-state index is -1.61. The summed E-state index contributed by atoms with van der Waals surface area (Å²) in [5.74, 6) is 0. The molecule has 12 heavy (non-hydrogen) atoms. The van der Waals surface area contributed by atoms with E-state index in [0.29, 0.717) is 0 Å². The van der Waals surface area contributed by atoms with Gasteiger partial charge in [-0.15, -0.1) is 0 Å². The molecule has 1 rings (SSSR count). The minimum absolute atomic E-state index is 0.850. The summed E-state index contributed by atoms with van der Waals surface area (Å²) in [6, 6.07) is 10.1. The molecule has 0 amide bonds. The summed E-state index contributed by atoms with van der Waals surface area (Å²) >= 11 is -1.61. The third kappa shape index (κ3) is 4.30. The predicted octanol–water partition coefficient (Wildman–Crippen LogP) is 4.04. The molecule has 0 aliphatic heterocycles. The molecule has 3 heteroatoms. The molecule has 0 unspecified atom stereocenters. The molecule has 0 nitrogen and oxygen atoms in total. The van der Waals surface area contributed by atoms with Crippen LogP contribution in [0.2, 0.25) is 4.81 Å². The third-order valence-corrected chi connectivity index (χ3v) is 4.12. The Morgan fingerprint density at radius 2 is 1.83 bits per heavy atom. The molecule has 0 aliphatic rings. The fraction of sp³-hybridized carbons (Fsp3) is 0.111. The Kier molecular flexibility index (Phi) is 4.99. The molecule has 0 aromatic heterocycles. The Hall–Kier alpha value is 0.228. The van der Waals surface area contributed by atoms with Gasteiger partial charge in [0.25, 0.3) is 0 Å². The third-order valence-electron chi connectivity index (χ3n) is 1.28. The van der Waals surface area contributed by atoms with Crippen LogP contribution in [0.5, 0.6) is 0 Å². The number of benzene rings is 1. The van der Waals surface area contributed by atoms with E-state index in [2.05, 4.69) is 18.2 Å². The molecular formula is C9H9Cl2Pt. The van der Waals surface area contributed by atoms with Crippen molar-refractivity contribution in [1.82, 2.24) is 0 Å². The van der Waals surface area contributed by atoms with E-state index in [1.807, 2.05) is 24.3 Å². The van der Waals surface area contributed by atoms with E-state index in [9.17, 15) is 0 Å². The number of hydrogen-bond acceptors (Lipinski definition) is 0. The first-order chi connectivity index (χ1) is 5.79. The van der Waals surface area contributed by atoms with E-state index in [4.69, 9.17) is 18.8 Å². The van der Waals surface area contributed by atoms with Crippen molar-refractivity contribution in [1.29, 1.82) is 0 Å². The van der Waals surface area contributed by atoms with Gasteiger partial charge in [0, 0.05) is 0 Å². The van der Waals surface area contributed by atoms with Crippen LogP contribution in [-0.2, 0) is 15.2 Å². The molecule has 0 saturated heterocycles. The predicted molar refractivity (Wildman–Crippen MR) is 52.0 cm³/mol. The van der Waals surface area contributed by atoms with Crippen LogP contribution in [0.4, 0.5) is 0 Å². The monoisotopic (exact) mass is 382 g/mol. The average molecular weight is 383 g/mol. The summed E-state index contributed by atoms with van der Waals surface area (Å²) in [6.45, 7) is 0. The van der Waals surface area contributed by atoms with Gasteiger partial charge >= 0.3 is 86.9 Å². The Bertz CT molecular complexity index is 244. The second-order valence-corrected chi connectivity index (χ2v) is 10.3. The van der Waals surface area contributed by atoms with E-state index in [0.717, 1.165) is 4.81 Å². The van der Waals surface area contributed by atoms with Crippen LogP contribution in [0.25, 0.3) is 6.08 Å². The summed E-state index contributed by atoms with van der Waals surface area (Å²) in [6.07, 6.45) is 4.09. The van der Waals surface area contributed by atoms with E-state index in [1.54, 1.807) is 0 Å². The van der Waals surface area contributed by atoms with Gasteiger partial charge in [-0.05, 0) is 0 Å². The van der Waals surface area contributed by atoms with Crippen LogP contribution >= 0.6 is 18.8 Å². The van der Waals surface area contributed by atoms with Gasteiger partial charge in [-0.25, -0.2) is 0 Å². The normalized spacial score (nSPS) is 12.0. The molecule has 0 N–H and O–H groups in total. The topological polar surface area (TPSA) is 0 Å². The van der Waals surface area contributed by atoms with Gasteiger partial charge in [0.1, 0.15) is 0 Å². The second kappa shape index (κ2) is 5.80. The van der Waals surface area contributed by atoms with E-state index >= 15 is 0 Å². The zero-order chi connectivity index (χ0) is 8.81. The van der Waals surface area contributed by atoms with Gasteiger partial charge < -0.3 is 0 Å². The van der Waals surface area contributed by atoms with Crippen LogP contribution in [-0.4, -0.2) is 0 Å². The molecule has 0 bridgehead atoms. The van der Waals surface area contributed by atoms with Crippen molar-refractivity contribution in [2.75, 3.05) is 0 Å². The summed E-state index contributed by atoms with van der Waals surface area (Å²) in [7, 11) is 11.4. The second-order valence-electron chi connectivity index (χ2n) is 2.16. The summed E-state index contributed by atoms with van der Waals surface area (Å²) in [4.78, 5) is 0.850. The van der Waals surface area contributed by atoms with Crippen molar-refractivity contribution in [3.8, 4) is 0 Å². The molecule has 0 spiro atoms. The maximum absolute atomic E-state index is 5.72. The molecule has 0 aliphatic carbocycles. The molecule has 0 fully saturated rings. The molecule has 0 heterocycles. The van der Waals surface area contributed by atoms with Crippen molar-refractivity contribution in [2.24, 2.45) is 0 Å². The number of allylic oxidation sites excluding steroid dienone is 1. The van der Waals surface area contributed by atoms with Gasteiger partial charge in [0.2, 0.25) is 0 Å². The molecule has 0 radical (unpaired) electrons. The van der Waals surface area contributed by atoms with Crippen LogP contribution in [0, 0.1) is 0 Å². The summed E-state index contributed by atoms with van der Waals surface area (Å²) in [5.41, 5.74) is 1.20. The first kappa shape index (κ1) is 10.3. The first-order valence-corrected chi connectivity index (χ1v) is 10.6. The molecule has 0 atom stereocenters. The molecule has 1 aromatic carbocycles. The molecule has 1 aromatic rings.